The maximum absolute atomic E-state index is 13.0. The van der Waals surface area contributed by atoms with Crippen molar-refractivity contribution in [3.8, 4) is 79.8 Å². The molecule has 1 aliphatic heterocycles. The third-order valence-corrected chi connectivity index (χ3v) is 18.2. The molecule has 3 aliphatic carbocycles. The molecule has 0 bridgehead atoms. The number of aromatic nitrogens is 6. The molecule has 0 spiro atoms. The first-order valence-corrected chi connectivity index (χ1v) is 35.1. The summed E-state index contributed by atoms with van der Waals surface area (Å²) < 4.78 is 11.5. The molecule has 2 aromatic heterocycles. The van der Waals surface area contributed by atoms with E-state index in [4.69, 9.17) is 20.3 Å². The summed E-state index contributed by atoms with van der Waals surface area (Å²) in [6, 6.07) is 60.9. The van der Waals surface area contributed by atoms with Crippen LogP contribution in [-0.2, 0) is 35.4 Å². The zero-order valence-corrected chi connectivity index (χ0v) is 57.6. The molecule has 4 unspecified atom stereocenters. The van der Waals surface area contributed by atoms with Gasteiger partial charge < -0.3 is 50.7 Å². The Morgan fingerprint density at radius 2 is 0.750 bits per heavy atom. The Hall–Kier alpha value is -12.4. The minimum atomic E-state index is -0.452. The average Bonchev–Trinajstić information content (AvgIpc) is 0.777. The Morgan fingerprint density at radius 3 is 1.20 bits per heavy atom. The predicted molar refractivity (Wildman–Crippen MR) is 396 cm³/mol. The van der Waals surface area contributed by atoms with Gasteiger partial charge in [0, 0.05) is 58.0 Å². The highest BCUT2D eigenvalue weighted by atomic mass is 16.6. The standard InChI is InChI=1S/C30H31N3O4.C22H22N2O2.C16H21NO2.C14H10N4O2.N2/c34-23-15-11-21(12-16-23)28-25-9-5-2-6-10-26(37-30(36)31-19-20-7-3-1-4-8-20)27(25)29(33-32-28)22-13-17-24(35)18-14-22;25-17-11-7-15(8-12-17)21-19-5-3-1-2-4-6-20(19)22(24-23-21)16-9-13-18(26)14-10-16;18-16(17-13-14-9-5-4-6-10-14)19-15-11-7-2-1-3-8-12-15;19-11-5-1-9(2-6-11)13-15-17-14(18-16-13)10-3-7-12(20)8-4-10;1-2/h1,3-4,7-8,11-18,25-27,34-35H,2,5-6,9-10,19H2,(H,31,36);7-14,25-26H,1-6H2;4-7,9-11,15H,1-3,8,12-13H2,(H,17,18);1-8,19-20H;/b;;11-7+;;. The molecule has 0 saturated heterocycles. The zero-order valence-electron chi connectivity index (χ0n) is 57.6. The first-order valence-electron chi connectivity index (χ1n) is 35.1. The van der Waals surface area contributed by atoms with Gasteiger partial charge in [0.05, 0.1) is 22.8 Å². The van der Waals surface area contributed by atoms with E-state index in [0.29, 0.717) is 24.7 Å². The minimum absolute atomic E-state index is 0.0157. The van der Waals surface area contributed by atoms with Crippen LogP contribution >= 0.6 is 0 Å². The summed E-state index contributed by atoms with van der Waals surface area (Å²) in [5.41, 5.74) is 13.2. The number of rotatable bonds is 12. The molecule has 10 aromatic rings. The number of amides is 2. The van der Waals surface area contributed by atoms with Crippen LogP contribution in [0.4, 0.5) is 9.59 Å². The Balaban J connectivity index is 0.000000153. The summed E-state index contributed by atoms with van der Waals surface area (Å²) in [5.74, 6) is 1.78. The minimum Gasteiger partial charge on any atom is -0.508 e. The third kappa shape index (κ3) is 21.6. The number of fused-ring (bicyclic) bond motifs is 2. The zero-order chi connectivity index (χ0) is 72.8. The van der Waals surface area contributed by atoms with Gasteiger partial charge in [0.1, 0.15) is 46.7 Å². The van der Waals surface area contributed by atoms with Gasteiger partial charge in [-0.2, -0.15) is 10.2 Å². The number of phenols is 6. The van der Waals surface area contributed by atoms with E-state index >= 15 is 0 Å². The van der Waals surface area contributed by atoms with Gasteiger partial charge in [0.2, 0.25) is 11.6 Å². The van der Waals surface area contributed by atoms with Crippen molar-refractivity contribution >= 4 is 23.6 Å². The first kappa shape index (κ1) is 74.3. The van der Waals surface area contributed by atoms with Gasteiger partial charge >= 0.3 is 12.2 Å². The van der Waals surface area contributed by atoms with Crippen molar-refractivity contribution in [2.45, 2.75) is 128 Å². The molecule has 2 amide bonds. The van der Waals surface area contributed by atoms with Crippen LogP contribution in [0.2, 0.25) is 0 Å². The maximum Gasteiger partial charge on any atom is 0.407 e. The lowest BCUT2D eigenvalue weighted by Crippen LogP contribution is -2.45. The number of hydrogen-bond acceptors (Lipinski definition) is 20. The topological polar surface area (TPSA) is 348 Å². The molecular weight excluding hydrogens is 1310 g/mol. The molecule has 532 valence electrons. The van der Waals surface area contributed by atoms with Crippen molar-refractivity contribution in [1.29, 1.82) is 10.8 Å². The lowest BCUT2D eigenvalue weighted by molar-refractivity contribution is 0.0577. The highest BCUT2D eigenvalue weighted by Crippen LogP contribution is 2.40. The summed E-state index contributed by atoms with van der Waals surface area (Å²) in [7, 11) is 0. The molecule has 4 aliphatic rings. The van der Waals surface area contributed by atoms with Crippen LogP contribution in [0.1, 0.15) is 123 Å². The van der Waals surface area contributed by atoms with Gasteiger partial charge in [-0.05, 0) is 256 Å². The molecule has 3 heterocycles. The van der Waals surface area contributed by atoms with E-state index in [1.54, 1.807) is 97.1 Å². The number of carbonyl (C=O) groups is 2. The molecule has 8 aromatic carbocycles. The Morgan fingerprint density at radius 1 is 0.385 bits per heavy atom. The molecule has 8 N–H and O–H groups in total. The molecule has 4 atom stereocenters. The number of allylic oxidation sites excluding steroid dienone is 1. The van der Waals surface area contributed by atoms with Crippen LogP contribution in [0.25, 0.3) is 45.3 Å². The van der Waals surface area contributed by atoms with E-state index in [9.17, 15) is 40.2 Å². The fourth-order valence-corrected chi connectivity index (χ4v) is 12.9. The number of ether oxygens (including phenoxy) is 2. The number of phenolic OH excluding ortho intramolecular Hbond substituents is 6. The second kappa shape index (κ2) is 38.4. The van der Waals surface area contributed by atoms with Gasteiger partial charge in [-0.25, -0.2) is 9.59 Å². The van der Waals surface area contributed by atoms with E-state index in [1.165, 1.54) is 36.8 Å². The summed E-state index contributed by atoms with van der Waals surface area (Å²) in [4.78, 5) is 24.7. The average molecular weight is 1400 g/mol. The van der Waals surface area contributed by atoms with Crippen molar-refractivity contribution in [2.24, 2.45) is 22.0 Å². The maximum atomic E-state index is 13.0. The Labute approximate surface area is 604 Å². The van der Waals surface area contributed by atoms with Crippen molar-refractivity contribution in [2.75, 3.05) is 0 Å². The molecular formula is C82H84N12O10. The SMILES string of the molecule is N#N.O=C(NCc1ccccc1)OC1/C=C/CCCCC1.O=C(NCc1ccccc1)OC1CCCCCC2C(c3ccc(O)cc3)=NN=C(c3ccc(O)cc3)C12.Oc1ccc(-c2nnc(-c3ccc(O)cc3)c3c2CCCCCC3)cc1.Oc1ccc(-c2nnc(-c3ccc(O)cc3)nn2)cc1. The molecule has 22 nitrogen and oxygen atoms in total. The van der Waals surface area contributed by atoms with Crippen molar-refractivity contribution in [1.82, 2.24) is 41.2 Å². The van der Waals surface area contributed by atoms with E-state index in [0.717, 1.165) is 144 Å². The second-order valence-corrected chi connectivity index (χ2v) is 25.5. The fraction of sp³-hybridized carbons (Fsp3) is 0.268. The van der Waals surface area contributed by atoms with Gasteiger partial charge in [0.25, 0.3) is 0 Å². The Kier molecular flexibility index (Phi) is 27.5. The van der Waals surface area contributed by atoms with Gasteiger partial charge in [-0.15, -0.1) is 30.6 Å². The number of aromatic hydroxyl groups is 6. The van der Waals surface area contributed by atoms with Crippen LogP contribution in [0.3, 0.4) is 0 Å². The number of nitrogens with zero attached hydrogens (tertiary/aromatic N) is 10. The highest BCUT2D eigenvalue weighted by molar-refractivity contribution is 6.12. The van der Waals surface area contributed by atoms with Crippen LogP contribution in [0.5, 0.6) is 34.5 Å². The number of alkyl carbamates (subject to hydrolysis) is 2. The van der Waals surface area contributed by atoms with Crippen molar-refractivity contribution < 1.29 is 49.7 Å². The quantitative estimate of drug-likeness (QED) is 0.0416. The lowest BCUT2D eigenvalue weighted by Gasteiger charge is -2.38. The summed E-state index contributed by atoms with van der Waals surface area (Å²) in [6.07, 6.45) is 19.9. The molecule has 1 saturated carbocycles. The first-order chi connectivity index (χ1) is 50.9. The monoisotopic (exact) mass is 1400 g/mol. The number of benzene rings is 8. The Bertz CT molecular complexity index is 4320. The van der Waals surface area contributed by atoms with Crippen molar-refractivity contribution in [3.05, 3.63) is 252 Å². The second-order valence-electron chi connectivity index (χ2n) is 25.5. The third-order valence-electron chi connectivity index (χ3n) is 18.2. The number of nitrogens with one attached hydrogen (secondary N) is 2. The van der Waals surface area contributed by atoms with Gasteiger partial charge in [-0.3, -0.25) is 0 Å². The summed E-state index contributed by atoms with van der Waals surface area (Å²) in [6.45, 7) is 0.899. The predicted octanol–water partition coefficient (Wildman–Crippen LogP) is 16.5. The van der Waals surface area contributed by atoms with Crippen LogP contribution < -0.4 is 10.6 Å². The molecule has 22 heteroatoms. The smallest absolute Gasteiger partial charge is 0.407 e. The fourth-order valence-electron chi connectivity index (χ4n) is 12.9. The lowest BCUT2D eigenvalue weighted by atomic mass is 9.71. The van der Waals surface area contributed by atoms with Gasteiger partial charge in [0.15, 0.2) is 0 Å². The van der Waals surface area contributed by atoms with E-state index in [1.807, 2.05) is 115 Å². The van der Waals surface area contributed by atoms with Crippen LogP contribution in [0.15, 0.2) is 229 Å². The van der Waals surface area contributed by atoms with Gasteiger partial charge in [-0.1, -0.05) is 98.8 Å². The van der Waals surface area contributed by atoms with Crippen LogP contribution in [0, 0.1) is 22.6 Å². The van der Waals surface area contributed by atoms with E-state index < -0.39 is 12.2 Å². The normalized spacial score (nSPS) is 17.1. The van der Waals surface area contributed by atoms with E-state index in [-0.39, 0.29) is 58.5 Å². The van der Waals surface area contributed by atoms with Crippen LogP contribution in [-0.4, -0.2) is 97.0 Å². The molecule has 104 heavy (non-hydrogen) atoms. The molecule has 14 rings (SSSR count). The molecule has 0 radical (unpaired) electrons. The van der Waals surface area contributed by atoms with Crippen molar-refractivity contribution in [3.63, 3.8) is 0 Å². The number of hydrogen-bond donors (Lipinski definition) is 8. The van der Waals surface area contributed by atoms with E-state index in [2.05, 4.69) is 57.5 Å². The summed E-state index contributed by atoms with van der Waals surface area (Å²) >= 11 is 0. The molecule has 1 fully saturated rings. The summed E-state index contributed by atoms with van der Waals surface area (Å²) in [5, 5.41) is 109. The largest absolute Gasteiger partial charge is 0.508 e. The highest BCUT2D eigenvalue weighted by Gasteiger charge is 2.42. The number of carbonyl (C=O) groups excluding carboxylic acids is 2.